The second-order valence-electron chi connectivity index (χ2n) is 8.16. The van der Waals surface area contributed by atoms with Crippen molar-refractivity contribution in [2.75, 3.05) is 37.6 Å². The van der Waals surface area contributed by atoms with Crippen molar-refractivity contribution in [1.82, 2.24) is 10.2 Å². The highest BCUT2D eigenvalue weighted by atomic mass is 16.3. The van der Waals surface area contributed by atoms with Crippen LogP contribution in [0.5, 0.6) is 5.75 Å². The Morgan fingerprint density at radius 1 is 1.00 bits per heavy atom. The number of anilines is 1. The lowest BCUT2D eigenvalue weighted by Gasteiger charge is -2.36. The summed E-state index contributed by atoms with van der Waals surface area (Å²) in [6, 6.07) is 15.9. The monoisotopic (exact) mass is 395 g/mol. The van der Waals surface area contributed by atoms with Crippen molar-refractivity contribution in [1.29, 1.82) is 0 Å². The molecule has 1 saturated heterocycles. The average Bonchev–Trinajstić information content (AvgIpc) is 2.73. The van der Waals surface area contributed by atoms with Crippen LogP contribution in [0.2, 0.25) is 0 Å². The molecule has 1 amide bonds. The summed E-state index contributed by atoms with van der Waals surface area (Å²) in [6.45, 7) is 10.3. The lowest BCUT2D eigenvalue weighted by atomic mass is 9.95. The highest BCUT2D eigenvalue weighted by Gasteiger charge is 2.22. The SMILES string of the molecule is CCc1ccc([C@H](NC(=O)CN2CCN(c3ccc(O)cc3)CC2)C(C)C)cc1. The molecule has 0 aromatic heterocycles. The van der Waals surface area contributed by atoms with Gasteiger partial charge in [-0.15, -0.1) is 0 Å². The predicted molar refractivity (Wildman–Crippen MR) is 118 cm³/mol. The van der Waals surface area contributed by atoms with E-state index in [0.29, 0.717) is 12.5 Å². The minimum atomic E-state index is 0.0340. The second kappa shape index (κ2) is 9.79. The Hall–Kier alpha value is -2.53. The van der Waals surface area contributed by atoms with E-state index in [1.807, 2.05) is 12.1 Å². The summed E-state index contributed by atoms with van der Waals surface area (Å²) in [5.41, 5.74) is 3.60. The first-order valence-electron chi connectivity index (χ1n) is 10.6. The molecule has 2 aromatic carbocycles. The minimum Gasteiger partial charge on any atom is -0.508 e. The summed E-state index contributed by atoms with van der Waals surface area (Å²) >= 11 is 0. The largest absolute Gasteiger partial charge is 0.508 e. The van der Waals surface area contributed by atoms with Crippen molar-refractivity contribution in [3.63, 3.8) is 0 Å². The number of nitrogens with zero attached hydrogens (tertiary/aromatic N) is 2. The van der Waals surface area contributed by atoms with Crippen molar-refractivity contribution in [3.05, 3.63) is 59.7 Å². The lowest BCUT2D eigenvalue weighted by molar-refractivity contribution is -0.123. The molecule has 156 valence electrons. The molecule has 0 aliphatic carbocycles. The molecule has 2 aromatic rings. The van der Waals surface area contributed by atoms with Crippen LogP contribution in [0.1, 0.15) is 37.9 Å². The first kappa shape index (κ1) is 21.2. The highest BCUT2D eigenvalue weighted by molar-refractivity contribution is 5.78. The van der Waals surface area contributed by atoms with Crippen LogP contribution >= 0.6 is 0 Å². The van der Waals surface area contributed by atoms with Crippen molar-refractivity contribution in [2.45, 2.75) is 33.2 Å². The molecule has 0 radical (unpaired) electrons. The number of phenolic OH excluding ortho intramolecular Hbond substituents is 1. The fourth-order valence-corrected chi connectivity index (χ4v) is 3.85. The molecule has 2 N–H and O–H groups in total. The molecule has 5 heteroatoms. The Kier molecular flexibility index (Phi) is 7.15. The molecule has 5 nitrogen and oxygen atoms in total. The summed E-state index contributed by atoms with van der Waals surface area (Å²) in [5.74, 6) is 0.701. The van der Waals surface area contributed by atoms with Gasteiger partial charge in [0.05, 0.1) is 12.6 Å². The molecule has 1 atom stereocenters. The van der Waals surface area contributed by atoms with Crippen LogP contribution in [0.25, 0.3) is 0 Å². The Balaban J connectivity index is 1.52. The number of phenols is 1. The van der Waals surface area contributed by atoms with Gasteiger partial charge in [0.2, 0.25) is 5.91 Å². The summed E-state index contributed by atoms with van der Waals surface area (Å²) in [7, 11) is 0. The van der Waals surface area contributed by atoms with E-state index in [-0.39, 0.29) is 17.7 Å². The number of aryl methyl sites for hydroxylation is 1. The third-order valence-electron chi connectivity index (χ3n) is 5.68. The number of nitrogens with one attached hydrogen (secondary N) is 1. The molecule has 0 spiro atoms. The first-order valence-corrected chi connectivity index (χ1v) is 10.6. The summed E-state index contributed by atoms with van der Waals surface area (Å²) < 4.78 is 0. The van der Waals surface area contributed by atoms with Gasteiger partial charge >= 0.3 is 0 Å². The zero-order valence-electron chi connectivity index (χ0n) is 17.8. The molecule has 1 aliphatic heterocycles. The molecule has 29 heavy (non-hydrogen) atoms. The van der Waals surface area contributed by atoms with E-state index in [0.717, 1.165) is 38.3 Å². The number of carbonyl (C=O) groups is 1. The fraction of sp³-hybridized carbons (Fsp3) is 0.458. The number of amides is 1. The molecular formula is C24H33N3O2. The van der Waals surface area contributed by atoms with Crippen LogP contribution in [0.3, 0.4) is 0 Å². The van der Waals surface area contributed by atoms with Gasteiger partial charge in [-0.25, -0.2) is 0 Å². The van der Waals surface area contributed by atoms with Gasteiger partial charge in [-0.3, -0.25) is 9.69 Å². The molecule has 0 unspecified atom stereocenters. The maximum atomic E-state index is 12.7. The number of rotatable bonds is 7. The Labute approximate surface area is 174 Å². The molecular weight excluding hydrogens is 362 g/mol. The first-order chi connectivity index (χ1) is 14.0. The maximum Gasteiger partial charge on any atom is 0.234 e. The lowest BCUT2D eigenvalue weighted by Crippen LogP contribution is -2.50. The topological polar surface area (TPSA) is 55.8 Å². The average molecular weight is 396 g/mol. The number of aromatic hydroxyl groups is 1. The van der Waals surface area contributed by atoms with Gasteiger partial charge in [0.1, 0.15) is 5.75 Å². The maximum absolute atomic E-state index is 12.7. The van der Waals surface area contributed by atoms with E-state index in [2.05, 4.69) is 60.2 Å². The Morgan fingerprint density at radius 2 is 1.62 bits per heavy atom. The zero-order chi connectivity index (χ0) is 20.8. The fourth-order valence-electron chi connectivity index (χ4n) is 3.85. The second-order valence-corrected chi connectivity index (χ2v) is 8.16. The van der Waals surface area contributed by atoms with Crippen LogP contribution in [0.15, 0.2) is 48.5 Å². The van der Waals surface area contributed by atoms with Crippen LogP contribution in [-0.2, 0) is 11.2 Å². The molecule has 1 heterocycles. The van der Waals surface area contributed by atoms with E-state index in [1.54, 1.807) is 12.1 Å². The third-order valence-corrected chi connectivity index (χ3v) is 5.68. The van der Waals surface area contributed by atoms with Crippen molar-refractivity contribution < 1.29 is 9.90 Å². The van der Waals surface area contributed by atoms with Gasteiger partial charge in [-0.1, -0.05) is 45.0 Å². The van der Waals surface area contributed by atoms with Crippen molar-refractivity contribution >= 4 is 11.6 Å². The standard InChI is InChI=1S/C24H33N3O2/c1-4-19-5-7-20(8-6-19)24(18(2)3)25-23(29)17-26-13-15-27(16-14-26)21-9-11-22(28)12-10-21/h5-12,18,24,28H,4,13-17H2,1-3H3,(H,25,29)/t24-/m1/s1. The van der Waals surface area contributed by atoms with Gasteiger partial charge in [-0.2, -0.15) is 0 Å². The van der Waals surface area contributed by atoms with Crippen LogP contribution in [-0.4, -0.2) is 48.6 Å². The van der Waals surface area contributed by atoms with Gasteiger partial charge in [0.15, 0.2) is 0 Å². The van der Waals surface area contributed by atoms with Crippen LogP contribution < -0.4 is 10.2 Å². The highest BCUT2D eigenvalue weighted by Crippen LogP contribution is 2.23. The predicted octanol–water partition coefficient (Wildman–Crippen LogP) is 3.59. The number of benzene rings is 2. The van der Waals surface area contributed by atoms with Gasteiger partial charge in [0.25, 0.3) is 0 Å². The van der Waals surface area contributed by atoms with Crippen LogP contribution in [0.4, 0.5) is 5.69 Å². The summed E-state index contributed by atoms with van der Waals surface area (Å²) in [4.78, 5) is 17.2. The molecule has 1 aliphatic rings. The number of hydrogen-bond donors (Lipinski definition) is 2. The minimum absolute atomic E-state index is 0.0340. The molecule has 0 saturated carbocycles. The number of carbonyl (C=O) groups excluding carboxylic acids is 1. The zero-order valence-corrected chi connectivity index (χ0v) is 17.8. The van der Waals surface area contributed by atoms with Gasteiger partial charge in [-0.05, 0) is 47.7 Å². The quantitative estimate of drug-likeness (QED) is 0.752. The van der Waals surface area contributed by atoms with E-state index in [9.17, 15) is 9.90 Å². The molecule has 3 rings (SSSR count). The third kappa shape index (κ3) is 5.73. The van der Waals surface area contributed by atoms with E-state index in [1.165, 1.54) is 11.1 Å². The summed E-state index contributed by atoms with van der Waals surface area (Å²) in [5, 5.41) is 12.7. The van der Waals surface area contributed by atoms with E-state index >= 15 is 0 Å². The van der Waals surface area contributed by atoms with Crippen LogP contribution in [0, 0.1) is 5.92 Å². The molecule has 1 fully saturated rings. The van der Waals surface area contributed by atoms with E-state index < -0.39 is 0 Å². The number of piperazine rings is 1. The smallest absolute Gasteiger partial charge is 0.234 e. The Morgan fingerprint density at radius 3 is 2.17 bits per heavy atom. The normalized spacial score (nSPS) is 16.1. The van der Waals surface area contributed by atoms with Crippen molar-refractivity contribution in [2.24, 2.45) is 5.92 Å². The number of hydrogen-bond acceptors (Lipinski definition) is 4. The van der Waals surface area contributed by atoms with E-state index in [4.69, 9.17) is 0 Å². The molecule has 0 bridgehead atoms. The van der Waals surface area contributed by atoms with Gasteiger partial charge < -0.3 is 15.3 Å². The summed E-state index contributed by atoms with van der Waals surface area (Å²) in [6.07, 6.45) is 1.02. The van der Waals surface area contributed by atoms with Gasteiger partial charge in [0, 0.05) is 31.9 Å². The Bertz CT molecular complexity index is 779. The van der Waals surface area contributed by atoms with Crippen molar-refractivity contribution in [3.8, 4) is 5.75 Å².